The van der Waals surface area contributed by atoms with Gasteiger partial charge in [0.15, 0.2) is 5.78 Å². The van der Waals surface area contributed by atoms with Crippen molar-refractivity contribution in [2.24, 2.45) is 5.92 Å². The Morgan fingerprint density at radius 3 is 2.62 bits per heavy atom. The summed E-state index contributed by atoms with van der Waals surface area (Å²) in [4.78, 5) is 37.3. The molecule has 1 atom stereocenters. The SMILES string of the molecule is CCOC(=O)c1cc2c([nH]c1=O)C[C@@H](C(F)(F)F)CC2=O. The van der Waals surface area contributed by atoms with Crippen LogP contribution in [0.2, 0.25) is 0 Å². The lowest BCUT2D eigenvalue weighted by atomic mass is 9.85. The van der Waals surface area contributed by atoms with Gasteiger partial charge in [0.2, 0.25) is 0 Å². The van der Waals surface area contributed by atoms with Crippen LogP contribution in [0.3, 0.4) is 0 Å². The maximum atomic E-state index is 12.7. The van der Waals surface area contributed by atoms with Crippen molar-refractivity contribution in [1.82, 2.24) is 4.98 Å². The van der Waals surface area contributed by atoms with Crippen LogP contribution in [-0.2, 0) is 11.2 Å². The fraction of sp³-hybridized carbons (Fsp3) is 0.462. The van der Waals surface area contributed by atoms with Crippen molar-refractivity contribution >= 4 is 11.8 Å². The van der Waals surface area contributed by atoms with Gasteiger partial charge in [-0.3, -0.25) is 9.59 Å². The third-order valence-corrected chi connectivity index (χ3v) is 3.26. The monoisotopic (exact) mass is 303 g/mol. The number of Topliss-reactive ketones (excluding diaryl/α,β-unsaturated/α-hetero) is 1. The quantitative estimate of drug-likeness (QED) is 0.846. The molecule has 0 radical (unpaired) electrons. The van der Waals surface area contributed by atoms with E-state index in [9.17, 15) is 27.6 Å². The van der Waals surface area contributed by atoms with Gasteiger partial charge >= 0.3 is 12.1 Å². The molecule has 0 saturated carbocycles. The molecule has 0 aromatic carbocycles. The van der Waals surface area contributed by atoms with E-state index in [2.05, 4.69) is 9.72 Å². The number of alkyl halides is 3. The van der Waals surface area contributed by atoms with Crippen molar-refractivity contribution in [2.45, 2.75) is 25.9 Å². The summed E-state index contributed by atoms with van der Waals surface area (Å²) in [5.74, 6) is -3.48. The number of ether oxygens (including phenoxy) is 1. The molecule has 5 nitrogen and oxygen atoms in total. The van der Waals surface area contributed by atoms with Crippen LogP contribution in [-0.4, -0.2) is 29.5 Å². The van der Waals surface area contributed by atoms with E-state index in [0.717, 1.165) is 6.07 Å². The second-order valence-electron chi connectivity index (χ2n) is 4.69. The highest BCUT2D eigenvalue weighted by Gasteiger charge is 2.44. The second-order valence-corrected chi connectivity index (χ2v) is 4.69. The summed E-state index contributed by atoms with van der Waals surface area (Å²) in [6, 6.07) is 1.01. The number of hydrogen-bond acceptors (Lipinski definition) is 4. The number of carbonyl (C=O) groups is 2. The molecular formula is C13H12F3NO4. The van der Waals surface area contributed by atoms with E-state index in [1.54, 1.807) is 6.92 Å². The Morgan fingerprint density at radius 2 is 2.05 bits per heavy atom. The number of esters is 1. The van der Waals surface area contributed by atoms with Gasteiger partial charge in [-0.25, -0.2) is 4.79 Å². The summed E-state index contributed by atoms with van der Waals surface area (Å²) in [6.07, 6.45) is -5.68. The minimum atomic E-state index is -4.51. The van der Waals surface area contributed by atoms with Crippen molar-refractivity contribution < 1.29 is 27.5 Å². The molecule has 1 aromatic rings. The number of aromatic nitrogens is 1. The molecule has 1 aromatic heterocycles. The minimum absolute atomic E-state index is 0.0411. The Labute approximate surface area is 117 Å². The average molecular weight is 303 g/mol. The highest BCUT2D eigenvalue weighted by molar-refractivity contribution is 6.00. The van der Waals surface area contributed by atoms with Gasteiger partial charge in [0.25, 0.3) is 5.56 Å². The molecule has 0 bridgehead atoms. The van der Waals surface area contributed by atoms with Crippen molar-refractivity contribution in [3.05, 3.63) is 33.2 Å². The van der Waals surface area contributed by atoms with Gasteiger partial charge in [-0.1, -0.05) is 0 Å². The van der Waals surface area contributed by atoms with E-state index in [4.69, 9.17) is 0 Å². The molecule has 21 heavy (non-hydrogen) atoms. The number of ketones is 1. The van der Waals surface area contributed by atoms with Crippen molar-refractivity contribution in [3.8, 4) is 0 Å². The summed E-state index contributed by atoms with van der Waals surface area (Å²) in [5, 5.41) is 0. The molecule has 1 aliphatic rings. The van der Waals surface area contributed by atoms with Gasteiger partial charge in [-0.2, -0.15) is 13.2 Å². The van der Waals surface area contributed by atoms with Crippen LogP contribution in [0, 0.1) is 5.92 Å². The number of pyridine rings is 1. The molecule has 0 amide bonds. The van der Waals surface area contributed by atoms with Crippen LogP contribution in [0.15, 0.2) is 10.9 Å². The maximum Gasteiger partial charge on any atom is 0.392 e. The summed E-state index contributed by atoms with van der Waals surface area (Å²) >= 11 is 0. The molecule has 1 aliphatic carbocycles. The predicted molar refractivity (Wildman–Crippen MR) is 65.2 cm³/mol. The first-order chi connectivity index (χ1) is 9.74. The molecule has 0 aliphatic heterocycles. The molecule has 8 heteroatoms. The van der Waals surface area contributed by atoms with E-state index in [0.29, 0.717) is 0 Å². The lowest BCUT2D eigenvalue weighted by Gasteiger charge is -2.25. The summed E-state index contributed by atoms with van der Waals surface area (Å²) in [5.41, 5.74) is -1.39. The number of rotatable bonds is 2. The Morgan fingerprint density at radius 1 is 1.38 bits per heavy atom. The molecule has 114 valence electrons. The molecule has 0 saturated heterocycles. The molecular weight excluding hydrogens is 291 g/mol. The first-order valence-electron chi connectivity index (χ1n) is 6.27. The van der Waals surface area contributed by atoms with Crippen molar-refractivity contribution in [2.75, 3.05) is 6.61 Å². The number of fused-ring (bicyclic) bond motifs is 1. The minimum Gasteiger partial charge on any atom is -0.462 e. The van der Waals surface area contributed by atoms with Crippen LogP contribution in [0.5, 0.6) is 0 Å². The Kier molecular flexibility index (Phi) is 3.89. The topological polar surface area (TPSA) is 76.2 Å². The fourth-order valence-corrected chi connectivity index (χ4v) is 2.22. The van der Waals surface area contributed by atoms with Crippen molar-refractivity contribution in [3.63, 3.8) is 0 Å². The van der Waals surface area contributed by atoms with Crippen LogP contribution in [0.4, 0.5) is 13.2 Å². The highest BCUT2D eigenvalue weighted by atomic mass is 19.4. The van der Waals surface area contributed by atoms with Gasteiger partial charge in [0.05, 0.1) is 12.5 Å². The molecule has 0 fully saturated rings. The number of hydrogen-bond donors (Lipinski definition) is 1. The summed E-state index contributed by atoms with van der Waals surface area (Å²) < 4.78 is 42.8. The predicted octanol–water partition coefficient (Wildman–Crippen LogP) is 1.86. The Hall–Kier alpha value is -2.12. The molecule has 1 heterocycles. The van der Waals surface area contributed by atoms with Crippen LogP contribution in [0.1, 0.15) is 39.8 Å². The number of halogens is 3. The summed E-state index contributed by atoms with van der Waals surface area (Å²) in [6.45, 7) is 1.59. The number of nitrogens with one attached hydrogen (secondary N) is 1. The van der Waals surface area contributed by atoms with Gasteiger partial charge in [-0.05, 0) is 13.0 Å². The maximum absolute atomic E-state index is 12.7. The van der Waals surface area contributed by atoms with Crippen LogP contribution < -0.4 is 5.56 Å². The van der Waals surface area contributed by atoms with E-state index in [1.807, 2.05) is 0 Å². The first kappa shape index (κ1) is 15.3. The van der Waals surface area contributed by atoms with Gasteiger partial charge in [0, 0.05) is 24.1 Å². The van der Waals surface area contributed by atoms with E-state index < -0.39 is 42.2 Å². The number of aromatic amines is 1. The Bertz CT molecular complexity index is 648. The summed E-state index contributed by atoms with van der Waals surface area (Å²) in [7, 11) is 0. The smallest absolute Gasteiger partial charge is 0.392 e. The highest BCUT2D eigenvalue weighted by Crippen LogP contribution is 2.36. The first-order valence-corrected chi connectivity index (χ1v) is 6.27. The molecule has 1 N–H and O–H groups in total. The van der Waals surface area contributed by atoms with Gasteiger partial charge < -0.3 is 9.72 Å². The largest absolute Gasteiger partial charge is 0.462 e. The zero-order chi connectivity index (χ0) is 15.8. The zero-order valence-electron chi connectivity index (χ0n) is 11.0. The Balaban J connectivity index is 2.43. The normalized spacial score (nSPS) is 18.3. The van der Waals surface area contributed by atoms with E-state index in [1.165, 1.54) is 0 Å². The molecule has 2 rings (SSSR count). The van der Waals surface area contributed by atoms with Crippen LogP contribution in [0.25, 0.3) is 0 Å². The third-order valence-electron chi connectivity index (χ3n) is 3.26. The fourth-order valence-electron chi connectivity index (χ4n) is 2.22. The van der Waals surface area contributed by atoms with Gasteiger partial charge in [0.1, 0.15) is 5.56 Å². The lowest BCUT2D eigenvalue weighted by molar-refractivity contribution is -0.174. The molecule has 0 unspecified atom stereocenters. The standard InChI is InChI=1S/C13H12F3NO4/c1-2-21-12(20)8-5-7-9(17-11(8)19)3-6(4-10(7)18)13(14,15)16/h5-6H,2-4H2,1H3,(H,17,19)/t6-/m1/s1. The van der Waals surface area contributed by atoms with E-state index >= 15 is 0 Å². The average Bonchev–Trinajstić information content (AvgIpc) is 2.36. The van der Waals surface area contributed by atoms with Crippen molar-refractivity contribution in [1.29, 1.82) is 0 Å². The van der Waals surface area contributed by atoms with Gasteiger partial charge in [-0.15, -0.1) is 0 Å². The lowest BCUT2D eigenvalue weighted by Crippen LogP contribution is -2.34. The van der Waals surface area contributed by atoms with Crippen LogP contribution >= 0.6 is 0 Å². The molecule has 0 spiro atoms. The third kappa shape index (κ3) is 2.98. The van der Waals surface area contributed by atoms with E-state index in [-0.39, 0.29) is 23.4 Å². The second kappa shape index (κ2) is 5.34. The number of H-pyrrole nitrogens is 1. The number of carbonyl (C=O) groups excluding carboxylic acids is 2. The zero-order valence-corrected chi connectivity index (χ0v) is 11.0.